The number of nitrogens with zero attached hydrogens (tertiary/aromatic N) is 3. The zero-order valence-corrected chi connectivity index (χ0v) is 20.0. The minimum atomic E-state index is -5.13. The zero-order valence-electron chi connectivity index (χ0n) is 19.2. The molecule has 2 unspecified atom stereocenters. The number of allylic oxidation sites excluding steroid dienone is 2. The van der Waals surface area contributed by atoms with Crippen LogP contribution < -0.4 is 9.64 Å². The topological polar surface area (TPSA) is 107 Å². The third-order valence-corrected chi connectivity index (χ3v) is 7.32. The molecule has 0 saturated carbocycles. The first-order valence-electron chi connectivity index (χ1n) is 10.5. The van der Waals surface area contributed by atoms with Crippen LogP contribution in [0.5, 0.6) is 5.75 Å². The maximum atomic E-state index is 13.9. The molecule has 1 aromatic heterocycles. The van der Waals surface area contributed by atoms with E-state index in [1.807, 2.05) is 0 Å². The number of rotatable bonds is 6. The lowest BCUT2D eigenvalue weighted by Crippen LogP contribution is -2.54. The second kappa shape index (κ2) is 10.2. The van der Waals surface area contributed by atoms with Crippen LogP contribution in [-0.2, 0) is 16.6 Å². The first-order chi connectivity index (χ1) is 16.4. The number of fused-ring (bicyclic) bond motifs is 1. The summed E-state index contributed by atoms with van der Waals surface area (Å²) in [4.78, 5) is 4.84. The van der Waals surface area contributed by atoms with Gasteiger partial charge in [-0.2, -0.15) is 4.31 Å². The highest BCUT2D eigenvalue weighted by Crippen LogP contribution is 2.36. The predicted octanol–water partition coefficient (Wildman–Crippen LogP) is 3.85. The highest BCUT2D eigenvalue weighted by molar-refractivity contribution is 7.89. The molecule has 188 valence electrons. The molecule has 2 N–H and O–H groups in total. The Balaban J connectivity index is 2.25. The fraction of sp³-hybridized carbons (Fsp3) is 0.304. The molecule has 2 heterocycles. The number of benzene rings is 1. The highest BCUT2D eigenvalue weighted by atomic mass is 32.2. The molecule has 0 fully saturated rings. The Hall–Kier alpha value is -3.22. The van der Waals surface area contributed by atoms with Crippen LogP contribution in [0.1, 0.15) is 19.4 Å². The van der Waals surface area contributed by atoms with Crippen molar-refractivity contribution in [3.8, 4) is 5.75 Å². The summed E-state index contributed by atoms with van der Waals surface area (Å²) in [5.74, 6) is -0.930. The summed E-state index contributed by atoms with van der Waals surface area (Å²) in [6.45, 7) is 3.00. The van der Waals surface area contributed by atoms with E-state index in [1.54, 1.807) is 44.2 Å². The maximum Gasteiger partial charge on any atom is 0.573 e. The summed E-state index contributed by atoms with van der Waals surface area (Å²) in [6, 6.07) is 6.07. The number of alkyl halides is 3. The Kier molecular flexibility index (Phi) is 7.68. The normalized spacial score (nSPS) is 18.9. The number of aromatic nitrogens is 1. The molecule has 0 radical (unpaired) electrons. The number of hydrogen-bond acceptors (Lipinski definition) is 6. The number of nitrogens with one attached hydrogen (secondary N) is 1. The molecule has 0 saturated heterocycles. The number of hydrogen-bond donors (Lipinski definition) is 2. The number of halogens is 3. The van der Waals surface area contributed by atoms with Crippen LogP contribution in [-0.4, -0.2) is 54.2 Å². The molecule has 0 spiro atoms. The molecule has 0 bridgehead atoms. The van der Waals surface area contributed by atoms with Gasteiger partial charge in [0.05, 0.1) is 0 Å². The van der Waals surface area contributed by atoms with Gasteiger partial charge in [0, 0.05) is 25.4 Å². The number of sulfonamides is 1. The van der Waals surface area contributed by atoms with Gasteiger partial charge in [-0.15, -0.1) is 13.2 Å². The quantitative estimate of drug-likeness (QED) is 0.572. The number of ether oxygens (including phenoxy) is 1. The summed E-state index contributed by atoms with van der Waals surface area (Å²) in [5, 5.41) is 20.1. The van der Waals surface area contributed by atoms with Crippen molar-refractivity contribution in [2.75, 3.05) is 11.9 Å². The lowest BCUT2D eigenvalue weighted by Gasteiger charge is -2.34. The van der Waals surface area contributed by atoms with Gasteiger partial charge in [0.1, 0.15) is 34.4 Å². The monoisotopic (exact) mass is 510 g/mol. The van der Waals surface area contributed by atoms with Crippen molar-refractivity contribution in [1.29, 1.82) is 5.41 Å². The molecular formula is C23H25F3N4O4S. The van der Waals surface area contributed by atoms with Crippen molar-refractivity contribution in [3.05, 3.63) is 72.0 Å². The largest absolute Gasteiger partial charge is 0.573 e. The third kappa shape index (κ3) is 5.39. The molecule has 1 aromatic carbocycles. The van der Waals surface area contributed by atoms with Crippen molar-refractivity contribution in [3.63, 3.8) is 0 Å². The summed E-state index contributed by atoms with van der Waals surface area (Å²) in [6.07, 6.45) is -0.381. The number of likely N-dealkylation sites (N-methyl/N-ethyl adjacent to an activating group) is 1. The summed E-state index contributed by atoms with van der Waals surface area (Å²) >= 11 is 0. The van der Waals surface area contributed by atoms with Crippen LogP contribution in [0.2, 0.25) is 0 Å². The van der Waals surface area contributed by atoms with Gasteiger partial charge in [0.25, 0.3) is 0 Å². The Labute approximate surface area is 201 Å². The van der Waals surface area contributed by atoms with Crippen molar-refractivity contribution < 1.29 is 31.4 Å². The first kappa shape index (κ1) is 26.4. The van der Waals surface area contributed by atoms with Crippen molar-refractivity contribution in [1.82, 2.24) is 9.29 Å². The van der Waals surface area contributed by atoms with E-state index in [9.17, 15) is 26.7 Å². The van der Waals surface area contributed by atoms with E-state index in [0.717, 1.165) is 16.4 Å². The second-order valence-corrected chi connectivity index (χ2v) is 9.51. The van der Waals surface area contributed by atoms with E-state index in [2.05, 4.69) is 9.72 Å². The Bertz CT molecular complexity index is 1260. The molecule has 0 amide bonds. The van der Waals surface area contributed by atoms with Crippen molar-refractivity contribution in [2.24, 2.45) is 0 Å². The average Bonchev–Trinajstić information content (AvgIpc) is 2.91. The average molecular weight is 511 g/mol. The molecule has 12 heteroatoms. The van der Waals surface area contributed by atoms with Crippen LogP contribution in [0, 0.1) is 5.41 Å². The third-order valence-electron chi connectivity index (χ3n) is 5.46. The second-order valence-electron chi connectivity index (χ2n) is 7.65. The first-order valence-corrected chi connectivity index (χ1v) is 12.0. The molecule has 8 nitrogen and oxygen atoms in total. The lowest BCUT2D eigenvalue weighted by atomic mass is 10.00. The minimum absolute atomic E-state index is 0.292. The van der Waals surface area contributed by atoms with E-state index < -0.39 is 39.2 Å². The number of anilines is 1. The molecule has 0 aliphatic carbocycles. The van der Waals surface area contributed by atoms with E-state index in [0.29, 0.717) is 17.0 Å². The van der Waals surface area contributed by atoms with Gasteiger partial charge < -0.3 is 14.7 Å². The van der Waals surface area contributed by atoms with Gasteiger partial charge in [0.2, 0.25) is 10.0 Å². The number of para-hydroxylation sites is 1. The van der Waals surface area contributed by atoms with Gasteiger partial charge in [-0.25, -0.2) is 13.4 Å². The summed E-state index contributed by atoms with van der Waals surface area (Å²) in [7, 11) is -3.23. The summed E-state index contributed by atoms with van der Waals surface area (Å²) < 4.78 is 71.7. The van der Waals surface area contributed by atoms with E-state index in [1.165, 1.54) is 30.3 Å². The molecule has 3 rings (SSSR count). The van der Waals surface area contributed by atoms with Crippen LogP contribution in [0.3, 0.4) is 0 Å². The van der Waals surface area contributed by atoms with E-state index in [-0.39, 0.29) is 12.4 Å². The highest BCUT2D eigenvalue weighted by Gasteiger charge is 2.45. The molecule has 2 aromatic rings. The molecule has 35 heavy (non-hydrogen) atoms. The minimum Gasteiger partial charge on any atom is -0.404 e. The van der Waals surface area contributed by atoms with E-state index in [4.69, 9.17) is 5.41 Å². The van der Waals surface area contributed by atoms with Gasteiger partial charge in [-0.05, 0) is 37.6 Å². The van der Waals surface area contributed by atoms with Gasteiger partial charge in [0.15, 0.2) is 0 Å². The molecule has 1 aliphatic heterocycles. The van der Waals surface area contributed by atoms with Crippen LogP contribution in [0.15, 0.2) is 71.3 Å². The zero-order chi connectivity index (χ0) is 26.0. The molecular weight excluding hydrogens is 485 g/mol. The van der Waals surface area contributed by atoms with Crippen LogP contribution in [0.4, 0.5) is 19.0 Å². The van der Waals surface area contributed by atoms with Crippen molar-refractivity contribution in [2.45, 2.75) is 43.8 Å². The maximum absolute atomic E-state index is 13.9. The lowest BCUT2D eigenvalue weighted by molar-refractivity contribution is -0.275. The number of aliphatic hydroxyl groups excluding tert-OH is 1. The van der Waals surface area contributed by atoms with Crippen LogP contribution in [0.25, 0.3) is 0 Å². The molecule has 1 aliphatic rings. The summed E-state index contributed by atoms with van der Waals surface area (Å²) in [5.41, 5.74) is 0.731. The predicted molar refractivity (Wildman–Crippen MR) is 125 cm³/mol. The fourth-order valence-corrected chi connectivity index (χ4v) is 5.54. The van der Waals surface area contributed by atoms with Gasteiger partial charge in [-0.3, -0.25) is 5.41 Å². The van der Waals surface area contributed by atoms with E-state index >= 15 is 0 Å². The van der Waals surface area contributed by atoms with Crippen LogP contribution >= 0.6 is 0 Å². The SMILES string of the molecule is CC=CC(=CC)C(O)C1C(=N)N(C)c2ncccc2CN1S(=O)(=O)c1ccccc1OC(F)(F)F. The standard InChI is InChI=1S/C23H25F3N4O4S/c1-4-9-15(5-2)20(31)19-21(27)29(3)22-16(10-8-13-28-22)14-30(19)35(32,33)18-12-7-6-11-17(18)34-23(24,25)26/h4-13,19-20,27,31H,14H2,1-3H3. The number of amidine groups is 1. The number of pyridine rings is 1. The number of aliphatic hydroxyl groups is 1. The van der Waals surface area contributed by atoms with Gasteiger partial charge in [-0.1, -0.05) is 36.4 Å². The smallest absolute Gasteiger partial charge is 0.404 e. The molecule has 2 atom stereocenters. The Morgan fingerprint density at radius 1 is 1.26 bits per heavy atom. The Morgan fingerprint density at radius 3 is 2.57 bits per heavy atom. The Morgan fingerprint density at radius 2 is 1.94 bits per heavy atom. The van der Waals surface area contributed by atoms with Crippen molar-refractivity contribution >= 4 is 21.7 Å². The van der Waals surface area contributed by atoms with Gasteiger partial charge >= 0.3 is 6.36 Å². The fourth-order valence-electron chi connectivity index (χ4n) is 3.85.